The highest BCUT2D eigenvalue weighted by Gasteiger charge is 2.26. The molecular weight excluding hydrogens is 138 g/mol. The summed E-state index contributed by atoms with van der Waals surface area (Å²) in [7, 11) is 0. The number of aliphatic imine (C=N–C) groups is 1. The molecule has 0 saturated heterocycles. The van der Waals surface area contributed by atoms with Crippen molar-refractivity contribution in [3.63, 3.8) is 0 Å². The Labute approximate surface area is 68.7 Å². The van der Waals surface area contributed by atoms with Crippen LogP contribution in [0.15, 0.2) is 4.99 Å². The lowest BCUT2D eigenvalue weighted by Gasteiger charge is -2.13. The first kappa shape index (κ1) is 8.57. The SMILES string of the molecule is CCC1=NC(CC)C(CC)O1. The first-order valence-electron chi connectivity index (χ1n) is 4.55. The summed E-state index contributed by atoms with van der Waals surface area (Å²) in [6.45, 7) is 6.41. The molecule has 0 N–H and O–H groups in total. The van der Waals surface area contributed by atoms with Gasteiger partial charge < -0.3 is 4.74 Å². The van der Waals surface area contributed by atoms with Crippen molar-refractivity contribution in [2.45, 2.75) is 52.2 Å². The predicted molar refractivity (Wildman–Crippen MR) is 47.0 cm³/mol. The van der Waals surface area contributed by atoms with Crippen molar-refractivity contribution >= 4 is 5.90 Å². The summed E-state index contributed by atoms with van der Waals surface area (Å²) in [5, 5.41) is 0. The van der Waals surface area contributed by atoms with Crippen molar-refractivity contribution in [2.24, 2.45) is 4.99 Å². The molecule has 0 aliphatic carbocycles. The zero-order valence-corrected chi connectivity index (χ0v) is 7.63. The molecule has 0 aromatic heterocycles. The minimum absolute atomic E-state index is 0.356. The Morgan fingerprint density at radius 2 is 2.00 bits per heavy atom. The Morgan fingerprint density at radius 3 is 2.36 bits per heavy atom. The smallest absolute Gasteiger partial charge is 0.183 e. The van der Waals surface area contributed by atoms with Gasteiger partial charge in [0.2, 0.25) is 0 Å². The first-order valence-corrected chi connectivity index (χ1v) is 4.55. The van der Waals surface area contributed by atoms with Crippen LogP contribution in [0.25, 0.3) is 0 Å². The molecule has 11 heavy (non-hydrogen) atoms. The third-order valence-corrected chi connectivity index (χ3v) is 2.15. The zero-order valence-electron chi connectivity index (χ0n) is 7.63. The minimum Gasteiger partial charge on any atom is -0.475 e. The highest BCUT2D eigenvalue weighted by molar-refractivity contribution is 5.77. The number of hydrogen-bond acceptors (Lipinski definition) is 2. The van der Waals surface area contributed by atoms with Crippen LogP contribution in [0.5, 0.6) is 0 Å². The van der Waals surface area contributed by atoms with Crippen LogP contribution < -0.4 is 0 Å². The topological polar surface area (TPSA) is 21.6 Å². The fourth-order valence-corrected chi connectivity index (χ4v) is 1.44. The summed E-state index contributed by atoms with van der Waals surface area (Å²) in [6, 6.07) is 0.426. The molecule has 0 spiro atoms. The number of ether oxygens (including phenoxy) is 1. The standard InChI is InChI=1S/C9H17NO/c1-4-7-8(5-2)11-9(6-3)10-7/h7-8H,4-6H2,1-3H3. The van der Waals surface area contributed by atoms with E-state index in [4.69, 9.17) is 4.74 Å². The Bertz CT molecular complexity index is 154. The van der Waals surface area contributed by atoms with Gasteiger partial charge in [-0.05, 0) is 12.8 Å². The molecule has 0 fully saturated rings. The fourth-order valence-electron chi connectivity index (χ4n) is 1.44. The quantitative estimate of drug-likeness (QED) is 0.613. The van der Waals surface area contributed by atoms with Gasteiger partial charge in [-0.25, -0.2) is 4.99 Å². The third kappa shape index (κ3) is 1.73. The van der Waals surface area contributed by atoms with Crippen molar-refractivity contribution in [2.75, 3.05) is 0 Å². The van der Waals surface area contributed by atoms with Gasteiger partial charge in [-0.3, -0.25) is 0 Å². The van der Waals surface area contributed by atoms with Gasteiger partial charge >= 0.3 is 0 Å². The van der Waals surface area contributed by atoms with Crippen molar-refractivity contribution in [3.8, 4) is 0 Å². The van der Waals surface area contributed by atoms with Crippen molar-refractivity contribution in [1.82, 2.24) is 0 Å². The fraction of sp³-hybridized carbons (Fsp3) is 0.889. The van der Waals surface area contributed by atoms with E-state index < -0.39 is 0 Å². The second-order valence-electron chi connectivity index (χ2n) is 2.92. The summed E-state index contributed by atoms with van der Waals surface area (Å²) >= 11 is 0. The molecule has 0 aromatic carbocycles. The lowest BCUT2D eigenvalue weighted by Crippen LogP contribution is -2.20. The summed E-state index contributed by atoms with van der Waals surface area (Å²) in [5.74, 6) is 0.948. The van der Waals surface area contributed by atoms with E-state index in [0.29, 0.717) is 12.1 Å². The maximum atomic E-state index is 5.61. The molecule has 0 bridgehead atoms. The van der Waals surface area contributed by atoms with Gasteiger partial charge in [-0.15, -0.1) is 0 Å². The van der Waals surface area contributed by atoms with Gasteiger partial charge in [0.15, 0.2) is 5.90 Å². The molecule has 1 aliphatic heterocycles. The minimum atomic E-state index is 0.356. The first-order chi connectivity index (χ1) is 5.31. The van der Waals surface area contributed by atoms with E-state index >= 15 is 0 Å². The average molecular weight is 155 g/mol. The molecule has 1 heterocycles. The van der Waals surface area contributed by atoms with E-state index in [-0.39, 0.29) is 0 Å². The molecule has 2 heteroatoms. The average Bonchev–Trinajstić information content (AvgIpc) is 2.46. The molecule has 64 valence electrons. The summed E-state index contributed by atoms with van der Waals surface area (Å²) in [4.78, 5) is 4.47. The molecule has 1 aliphatic rings. The lowest BCUT2D eigenvalue weighted by molar-refractivity contribution is 0.181. The van der Waals surface area contributed by atoms with E-state index in [0.717, 1.165) is 25.2 Å². The maximum Gasteiger partial charge on any atom is 0.183 e. The second-order valence-corrected chi connectivity index (χ2v) is 2.92. The molecule has 1 rings (SSSR count). The molecule has 2 atom stereocenters. The van der Waals surface area contributed by atoms with Crippen LogP contribution in [-0.4, -0.2) is 18.0 Å². The molecule has 2 unspecified atom stereocenters. The van der Waals surface area contributed by atoms with E-state index in [9.17, 15) is 0 Å². The van der Waals surface area contributed by atoms with E-state index in [2.05, 4.69) is 25.8 Å². The lowest BCUT2D eigenvalue weighted by atomic mass is 10.1. The predicted octanol–water partition coefficient (Wildman–Crippen LogP) is 2.38. The van der Waals surface area contributed by atoms with Crippen LogP contribution in [0.1, 0.15) is 40.0 Å². The summed E-state index contributed by atoms with van der Waals surface area (Å²) in [5.41, 5.74) is 0. The molecular formula is C9H17NO. The van der Waals surface area contributed by atoms with Crippen LogP contribution in [0, 0.1) is 0 Å². The van der Waals surface area contributed by atoms with E-state index in [1.165, 1.54) is 0 Å². The Morgan fingerprint density at radius 1 is 1.27 bits per heavy atom. The van der Waals surface area contributed by atoms with Gasteiger partial charge in [0, 0.05) is 6.42 Å². The summed E-state index contributed by atoms with van der Waals surface area (Å²) in [6.07, 6.45) is 3.47. The van der Waals surface area contributed by atoms with Gasteiger partial charge in [0.1, 0.15) is 6.10 Å². The summed E-state index contributed by atoms with van der Waals surface area (Å²) < 4.78 is 5.61. The van der Waals surface area contributed by atoms with E-state index in [1.54, 1.807) is 0 Å². The third-order valence-electron chi connectivity index (χ3n) is 2.15. The van der Waals surface area contributed by atoms with Crippen molar-refractivity contribution in [1.29, 1.82) is 0 Å². The van der Waals surface area contributed by atoms with Gasteiger partial charge in [0.25, 0.3) is 0 Å². The second kappa shape index (κ2) is 3.74. The number of rotatable bonds is 3. The monoisotopic (exact) mass is 155 g/mol. The normalized spacial score (nSPS) is 29.9. The molecule has 0 saturated carbocycles. The Balaban J connectivity index is 2.53. The van der Waals surface area contributed by atoms with Crippen LogP contribution in [0.3, 0.4) is 0 Å². The molecule has 0 radical (unpaired) electrons. The number of nitrogens with zero attached hydrogens (tertiary/aromatic N) is 1. The highest BCUT2D eigenvalue weighted by Crippen LogP contribution is 2.19. The Hall–Kier alpha value is -0.530. The highest BCUT2D eigenvalue weighted by atomic mass is 16.5. The van der Waals surface area contributed by atoms with Crippen LogP contribution in [0.4, 0.5) is 0 Å². The molecule has 0 amide bonds. The van der Waals surface area contributed by atoms with Crippen LogP contribution >= 0.6 is 0 Å². The van der Waals surface area contributed by atoms with Crippen molar-refractivity contribution < 1.29 is 4.74 Å². The van der Waals surface area contributed by atoms with E-state index in [1.807, 2.05) is 0 Å². The largest absolute Gasteiger partial charge is 0.475 e. The van der Waals surface area contributed by atoms with Crippen molar-refractivity contribution in [3.05, 3.63) is 0 Å². The zero-order chi connectivity index (χ0) is 8.27. The van der Waals surface area contributed by atoms with Crippen LogP contribution in [0.2, 0.25) is 0 Å². The van der Waals surface area contributed by atoms with Crippen LogP contribution in [-0.2, 0) is 4.74 Å². The maximum absolute atomic E-state index is 5.61. The molecule has 0 aromatic rings. The Kier molecular flexibility index (Phi) is 2.92. The van der Waals surface area contributed by atoms with Gasteiger partial charge in [0.05, 0.1) is 6.04 Å². The van der Waals surface area contributed by atoms with Gasteiger partial charge in [-0.2, -0.15) is 0 Å². The molecule has 2 nitrogen and oxygen atoms in total. The van der Waals surface area contributed by atoms with Gasteiger partial charge in [-0.1, -0.05) is 20.8 Å². The number of hydrogen-bond donors (Lipinski definition) is 0.